The Morgan fingerprint density at radius 2 is 1.68 bits per heavy atom. The van der Waals surface area contributed by atoms with E-state index in [1.807, 2.05) is 24.3 Å². The molecule has 0 unspecified atom stereocenters. The zero-order valence-corrected chi connectivity index (χ0v) is 15.5. The molecule has 8 nitrogen and oxygen atoms in total. The molecule has 0 atom stereocenters. The molecule has 1 fully saturated rings. The number of nitrogens with zero attached hydrogens (tertiary/aromatic N) is 5. The molecule has 2 aromatic carbocycles. The molecule has 1 saturated heterocycles. The molecular weight excluding hydrogens is 356 g/mol. The van der Waals surface area contributed by atoms with Crippen molar-refractivity contribution in [3.8, 4) is 11.4 Å². The first-order valence-electron chi connectivity index (χ1n) is 9.39. The first-order valence-corrected chi connectivity index (χ1v) is 9.39. The maximum Gasteiger partial charge on any atom is 0.262 e. The van der Waals surface area contributed by atoms with E-state index in [9.17, 15) is 4.79 Å². The summed E-state index contributed by atoms with van der Waals surface area (Å²) < 4.78 is 7.10. The van der Waals surface area contributed by atoms with Gasteiger partial charge in [-0.25, -0.2) is 4.68 Å². The number of carbonyl (C=O) groups is 1. The smallest absolute Gasteiger partial charge is 0.262 e. The normalized spacial score (nSPS) is 13.9. The second-order valence-electron chi connectivity index (χ2n) is 6.68. The largest absolute Gasteiger partial charge is 0.484 e. The fourth-order valence-electron chi connectivity index (χ4n) is 3.23. The molecule has 1 amide bonds. The highest BCUT2D eigenvalue weighted by Gasteiger charge is 2.11. The fourth-order valence-corrected chi connectivity index (χ4v) is 3.23. The monoisotopic (exact) mass is 378 g/mol. The standard InChI is InChI=1S/C20H22N6O2/c27-20(14-28-19-10-8-18(9-11-19)26-15-21-23-24-26)22-16-4-6-17(7-5-16)25-12-2-1-3-13-25/h4-11,15H,1-3,12-14H2,(H,22,27). The van der Waals surface area contributed by atoms with Crippen molar-refractivity contribution < 1.29 is 9.53 Å². The minimum Gasteiger partial charge on any atom is -0.484 e. The zero-order chi connectivity index (χ0) is 19.2. The van der Waals surface area contributed by atoms with E-state index in [1.165, 1.54) is 31.3 Å². The second-order valence-corrected chi connectivity index (χ2v) is 6.68. The molecule has 0 bridgehead atoms. The Bertz CT molecular complexity index is 887. The van der Waals surface area contributed by atoms with E-state index in [1.54, 1.807) is 16.8 Å². The van der Waals surface area contributed by atoms with Gasteiger partial charge in [0.25, 0.3) is 5.91 Å². The van der Waals surface area contributed by atoms with Crippen molar-refractivity contribution in [2.45, 2.75) is 19.3 Å². The van der Waals surface area contributed by atoms with Crippen molar-refractivity contribution in [2.24, 2.45) is 0 Å². The Hall–Kier alpha value is -3.42. The van der Waals surface area contributed by atoms with E-state index in [2.05, 4.69) is 37.9 Å². The van der Waals surface area contributed by atoms with Gasteiger partial charge in [-0.15, -0.1) is 5.10 Å². The van der Waals surface area contributed by atoms with E-state index < -0.39 is 0 Å². The molecule has 1 aliphatic rings. The number of ether oxygens (including phenoxy) is 1. The number of rotatable bonds is 6. The minimum atomic E-state index is -0.199. The lowest BCUT2D eigenvalue weighted by Gasteiger charge is -2.28. The lowest BCUT2D eigenvalue weighted by Crippen LogP contribution is -2.29. The fraction of sp³-hybridized carbons (Fsp3) is 0.300. The Morgan fingerprint density at radius 3 is 2.36 bits per heavy atom. The highest BCUT2D eigenvalue weighted by molar-refractivity contribution is 5.92. The molecule has 0 radical (unpaired) electrons. The third-order valence-electron chi connectivity index (χ3n) is 4.69. The molecular formula is C20H22N6O2. The van der Waals surface area contributed by atoms with Gasteiger partial charge in [-0.1, -0.05) is 0 Å². The van der Waals surface area contributed by atoms with E-state index in [-0.39, 0.29) is 12.5 Å². The van der Waals surface area contributed by atoms with Crippen molar-refractivity contribution in [3.05, 3.63) is 54.9 Å². The van der Waals surface area contributed by atoms with Crippen LogP contribution >= 0.6 is 0 Å². The van der Waals surface area contributed by atoms with E-state index in [0.717, 1.165) is 24.5 Å². The Kier molecular flexibility index (Phi) is 5.46. The maximum atomic E-state index is 12.1. The summed E-state index contributed by atoms with van der Waals surface area (Å²) in [6.07, 6.45) is 5.31. The lowest BCUT2D eigenvalue weighted by atomic mass is 10.1. The van der Waals surface area contributed by atoms with Gasteiger partial charge in [0.15, 0.2) is 6.61 Å². The number of hydrogen-bond donors (Lipinski definition) is 1. The SMILES string of the molecule is O=C(COc1ccc(-n2cnnn2)cc1)Nc1ccc(N2CCCCC2)cc1. The summed E-state index contributed by atoms with van der Waals surface area (Å²) in [5.74, 6) is 0.405. The quantitative estimate of drug-likeness (QED) is 0.710. The van der Waals surface area contributed by atoms with Crippen LogP contribution in [0.5, 0.6) is 5.75 Å². The number of nitrogens with one attached hydrogen (secondary N) is 1. The number of amides is 1. The highest BCUT2D eigenvalue weighted by atomic mass is 16.5. The van der Waals surface area contributed by atoms with Crippen molar-refractivity contribution in [1.82, 2.24) is 20.2 Å². The molecule has 1 aliphatic heterocycles. The van der Waals surface area contributed by atoms with Gasteiger partial charge in [0.1, 0.15) is 12.1 Å². The first-order chi connectivity index (χ1) is 13.8. The summed E-state index contributed by atoms with van der Waals surface area (Å²) in [6, 6.07) is 15.2. The molecule has 2 heterocycles. The van der Waals surface area contributed by atoms with Crippen LogP contribution in [0.15, 0.2) is 54.9 Å². The summed E-state index contributed by atoms with van der Waals surface area (Å²) in [7, 11) is 0. The van der Waals surface area contributed by atoms with Crippen LogP contribution in [-0.4, -0.2) is 45.8 Å². The van der Waals surface area contributed by atoms with Crippen LogP contribution < -0.4 is 15.0 Å². The molecule has 1 N–H and O–H groups in total. The minimum absolute atomic E-state index is 0.0574. The van der Waals surface area contributed by atoms with Gasteiger partial charge in [0.2, 0.25) is 0 Å². The highest BCUT2D eigenvalue weighted by Crippen LogP contribution is 2.22. The molecule has 28 heavy (non-hydrogen) atoms. The average molecular weight is 378 g/mol. The van der Waals surface area contributed by atoms with Gasteiger partial charge in [-0.05, 0) is 78.2 Å². The molecule has 0 saturated carbocycles. The summed E-state index contributed by atoms with van der Waals surface area (Å²) >= 11 is 0. The van der Waals surface area contributed by atoms with Gasteiger partial charge in [-0.2, -0.15) is 0 Å². The summed E-state index contributed by atoms with van der Waals surface area (Å²) in [5, 5.41) is 13.9. The Balaban J connectivity index is 1.27. The molecule has 0 aliphatic carbocycles. The van der Waals surface area contributed by atoms with Crippen LogP contribution in [0.1, 0.15) is 19.3 Å². The van der Waals surface area contributed by atoms with Crippen molar-refractivity contribution in [3.63, 3.8) is 0 Å². The number of aromatic nitrogens is 4. The van der Waals surface area contributed by atoms with E-state index in [0.29, 0.717) is 5.75 Å². The number of carbonyl (C=O) groups excluding carboxylic acids is 1. The molecule has 4 rings (SSSR count). The zero-order valence-electron chi connectivity index (χ0n) is 15.5. The number of benzene rings is 2. The van der Waals surface area contributed by atoms with Crippen LogP contribution in [0, 0.1) is 0 Å². The average Bonchev–Trinajstić information content (AvgIpc) is 3.29. The number of anilines is 2. The Labute approximate surface area is 163 Å². The molecule has 144 valence electrons. The van der Waals surface area contributed by atoms with Gasteiger partial charge in [0.05, 0.1) is 5.69 Å². The summed E-state index contributed by atoms with van der Waals surface area (Å²) in [5.41, 5.74) is 2.79. The first kappa shape index (κ1) is 18.0. The van der Waals surface area contributed by atoms with Crippen LogP contribution in [0.25, 0.3) is 5.69 Å². The second kappa shape index (κ2) is 8.51. The van der Waals surface area contributed by atoms with Crippen LogP contribution in [-0.2, 0) is 4.79 Å². The molecule has 8 heteroatoms. The summed E-state index contributed by atoms with van der Waals surface area (Å²) in [6.45, 7) is 2.15. The topological polar surface area (TPSA) is 85.2 Å². The number of tetrazole rings is 1. The predicted octanol–water partition coefficient (Wildman–Crippen LogP) is 2.67. The third-order valence-corrected chi connectivity index (χ3v) is 4.69. The van der Waals surface area contributed by atoms with Crippen LogP contribution in [0.4, 0.5) is 11.4 Å². The molecule has 3 aromatic rings. The van der Waals surface area contributed by atoms with Gasteiger partial charge in [-0.3, -0.25) is 4.79 Å². The van der Waals surface area contributed by atoms with Gasteiger partial charge < -0.3 is 15.0 Å². The van der Waals surface area contributed by atoms with Gasteiger partial charge in [0, 0.05) is 24.5 Å². The van der Waals surface area contributed by atoms with Crippen molar-refractivity contribution in [1.29, 1.82) is 0 Å². The number of piperidine rings is 1. The van der Waals surface area contributed by atoms with Gasteiger partial charge >= 0.3 is 0 Å². The third kappa shape index (κ3) is 4.46. The predicted molar refractivity (Wildman–Crippen MR) is 106 cm³/mol. The molecule has 1 aromatic heterocycles. The Morgan fingerprint density at radius 1 is 0.964 bits per heavy atom. The van der Waals surface area contributed by atoms with E-state index in [4.69, 9.17) is 4.74 Å². The summed E-state index contributed by atoms with van der Waals surface area (Å²) in [4.78, 5) is 14.5. The number of hydrogen-bond acceptors (Lipinski definition) is 6. The molecule has 0 spiro atoms. The van der Waals surface area contributed by atoms with E-state index >= 15 is 0 Å². The van der Waals surface area contributed by atoms with Crippen LogP contribution in [0.2, 0.25) is 0 Å². The van der Waals surface area contributed by atoms with Crippen molar-refractivity contribution >= 4 is 17.3 Å². The van der Waals surface area contributed by atoms with Crippen molar-refractivity contribution in [2.75, 3.05) is 29.9 Å². The maximum absolute atomic E-state index is 12.1. The van der Waals surface area contributed by atoms with Crippen LogP contribution in [0.3, 0.4) is 0 Å². The lowest BCUT2D eigenvalue weighted by molar-refractivity contribution is -0.118.